The minimum Gasteiger partial charge on any atom is -0.493 e. The fourth-order valence-corrected chi connectivity index (χ4v) is 2.11. The topological polar surface area (TPSA) is 73.2 Å². The van der Waals surface area contributed by atoms with Gasteiger partial charge in [-0.2, -0.15) is 5.10 Å². The number of halogens is 1. The summed E-state index contributed by atoms with van der Waals surface area (Å²) in [4.78, 5) is 0. The molecule has 0 unspecified atom stereocenters. The number of nitrogen functional groups attached to an aromatic ring is 1. The number of aromatic nitrogens is 2. The molecule has 0 saturated carbocycles. The Labute approximate surface area is 110 Å². The third kappa shape index (κ3) is 1.86. The van der Waals surface area contributed by atoms with Crippen molar-refractivity contribution >= 4 is 17.4 Å². The van der Waals surface area contributed by atoms with E-state index in [9.17, 15) is 0 Å². The Hall–Kier alpha value is -1.88. The van der Waals surface area contributed by atoms with Crippen molar-refractivity contribution in [3.8, 4) is 22.6 Å². The van der Waals surface area contributed by atoms with Crippen LogP contribution in [0.1, 0.15) is 5.56 Å². The van der Waals surface area contributed by atoms with Gasteiger partial charge < -0.3 is 15.2 Å². The monoisotopic (exact) mass is 267 g/mol. The quantitative estimate of drug-likeness (QED) is 0.897. The van der Waals surface area contributed by atoms with Crippen molar-refractivity contribution < 1.29 is 9.47 Å². The molecule has 5 nitrogen and oxygen atoms in total. The Kier molecular flexibility index (Phi) is 3.34. The van der Waals surface area contributed by atoms with Gasteiger partial charge in [0.1, 0.15) is 5.82 Å². The normalized spacial score (nSPS) is 10.4. The van der Waals surface area contributed by atoms with Crippen molar-refractivity contribution in [1.29, 1.82) is 0 Å². The van der Waals surface area contributed by atoms with Crippen LogP contribution in [0.3, 0.4) is 0 Å². The first-order valence-corrected chi connectivity index (χ1v) is 5.68. The van der Waals surface area contributed by atoms with Crippen LogP contribution in [0.2, 0.25) is 5.02 Å². The highest BCUT2D eigenvalue weighted by molar-refractivity contribution is 6.33. The number of nitrogens with one attached hydrogen (secondary N) is 1. The van der Waals surface area contributed by atoms with Crippen molar-refractivity contribution in [3.05, 3.63) is 22.8 Å². The second-order valence-electron chi connectivity index (χ2n) is 3.80. The van der Waals surface area contributed by atoms with Crippen LogP contribution >= 0.6 is 11.6 Å². The van der Waals surface area contributed by atoms with Gasteiger partial charge in [0, 0.05) is 5.56 Å². The molecule has 2 rings (SSSR count). The first kappa shape index (κ1) is 12.6. The fourth-order valence-electron chi connectivity index (χ4n) is 1.83. The number of aromatic amines is 1. The lowest BCUT2D eigenvalue weighted by Gasteiger charge is -2.14. The average molecular weight is 268 g/mol. The van der Waals surface area contributed by atoms with E-state index in [0.717, 1.165) is 16.7 Å². The van der Waals surface area contributed by atoms with Crippen LogP contribution < -0.4 is 15.2 Å². The van der Waals surface area contributed by atoms with Crippen LogP contribution in [-0.2, 0) is 0 Å². The van der Waals surface area contributed by atoms with E-state index in [4.69, 9.17) is 26.8 Å². The number of rotatable bonds is 3. The molecule has 1 aromatic carbocycles. The average Bonchev–Trinajstić information content (AvgIpc) is 2.78. The molecule has 0 aliphatic carbocycles. The lowest BCUT2D eigenvalue weighted by atomic mass is 10.0. The zero-order valence-corrected chi connectivity index (χ0v) is 11.1. The standard InChI is InChI=1S/C12H14ClN3O2/c1-6-7(8-5-15-16-12(8)14)4-9(17-2)11(18-3)10(6)13/h4-5H,1-3H3,(H3,14,15,16). The van der Waals surface area contributed by atoms with Gasteiger partial charge in [-0.05, 0) is 24.1 Å². The molecule has 0 radical (unpaired) electrons. The van der Waals surface area contributed by atoms with Crippen molar-refractivity contribution in [2.45, 2.75) is 6.92 Å². The van der Waals surface area contributed by atoms with E-state index >= 15 is 0 Å². The third-order valence-corrected chi connectivity index (χ3v) is 3.27. The molecule has 0 atom stereocenters. The summed E-state index contributed by atoms with van der Waals surface area (Å²) >= 11 is 6.28. The van der Waals surface area contributed by atoms with E-state index in [2.05, 4.69) is 10.2 Å². The molecule has 18 heavy (non-hydrogen) atoms. The van der Waals surface area contributed by atoms with E-state index in [-0.39, 0.29) is 0 Å². The van der Waals surface area contributed by atoms with Crippen LogP contribution in [0.15, 0.2) is 12.3 Å². The van der Waals surface area contributed by atoms with E-state index in [1.165, 1.54) is 0 Å². The van der Waals surface area contributed by atoms with Crippen LogP contribution in [-0.4, -0.2) is 24.4 Å². The Bertz CT molecular complexity index is 581. The molecule has 0 amide bonds. The van der Waals surface area contributed by atoms with Gasteiger partial charge in [0.15, 0.2) is 11.5 Å². The summed E-state index contributed by atoms with van der Waals surface area (Å²) in [6.45, 7) is 1.89. The SMILES string of the molecule is COc1cc(-c2cn[nH]c2N)c(C)c(Cl)c1OC. The maximum Gasteiger partial charge on any atom is 0.179 e. The maximum atomic E-state index is 6.28. The summed E-state index contributed by atoms with van der Waals surface area (Å²) < 4.78 is 10.5. The van der Waals surface area contributed by atoms with Crippen molar-refractivity contribution in [2.75, 3.05) is 20.0 Å². The third-order valence-electron chi connectivity index (χ3n) is 2.81. The van der Waals surface area contributed by atoms with Crippen LogP contribution in [0.4, 0.5) is 5.82 Å². The van der Waals surface area contributed by atoms with Crippen molar-refractivity contribution in [2.24, 2.45) is 0 Å². The number of H-pyrrole nitrogens is 1. The number of hydrogen-bond acceptors (Lipinski definition) is 4. The highest BCUT2D eigenvalue weighted by Crippen LogP contribution is 2.43. The lowest BCUT2D eigenvalue weighted by Crippen LogP contribution is -1.96. The molecule has 6 heteroatoms. The van der Waals surface area contributed by atoms with Gasteiger partial charge >= 0.3 is 0 Å². The molecule has 0 fully saturated rings. The van der Waals surface area contributed by atoms with E-state index in [1.54, 1.807) is 20.4 Å². The zero-order chi connectivity index (χ0) is 13.3. The first-order valence-electron chi connectivity index (χ1n) is 5.30. The molecule has 0 aliphatic heterocycles. The Balaban J connectivity index is 2.70. The predicted octanol–water partition coefficient (Wildman–Crippen LogP) is 2.64. The molecule has 0 aliphatic rings. The summed E-state index contributed by atoms with van der Waals surface area (Å²) in [6, 6.07) is 1.83. The number of nitrogens with zero attached hydrogens (tertiary/aromatic N) is 1. The number of methoxy groups -OCH3 is 2. The van der Waals surface area contributed by atoms with Crippen LogP contribution in [0.25, 0.3) is 11.1 Å². The molecule has 3 N–H and O–H groups in total. The summed E-state index contributed by atoms with van der Waals surface area (Å²) in [5.41, 5.74) is 8.34. The predicted molar refractivity (Wildman–Crippen MR) is 71.3 cm³/mol. The molecule has 0 saturated heterocycles. The first-order chi connectivity index (χ1) is 8.60. The number of hydrogen-bond donors (Lipinski definition) is 2. The molecule has 96 valence electrons. The van der Waals surface area contributed by atoms with E-state index in [0.29, 0.717) is 22.3 Å². The maximum absolute atomic E-state index is 6.28. The van der Waals surface area contributed by atoms with Crippen LogP contribution in [0, 0.1) is 6.92 Å². The second kappa shape index (κ2) is 4.78. The zero-order valence-electron chi connectivity index (χ0n) is 10.4. The summed E-state index contributed by atoms with van der Waals surface area (Å²) in [5.74, 6) is 1.56. The minimum absolute atomic E-state index is 0.487. The molecular weight excluding hydrogens is 254 g/mol. The molecule has 1 heterocycles. The van der Waals surface area contributed by atoms with Crippen molar-refractivity contribution in [1.82, 2.24) is 10.2 Å². The largest absolute Gasteiger partial charge is 0.493 e. The van der Waals surface area contributed by atoms with Crippen LogP contribution in [0.5, 0.6) is 11.5 Å². The van der Waals surface area contributed by atoms with Gasteiger partial charge in [-0.1, -0.05) is 11.6 Å². The number of nitrogens with two attached hydrogens (primary N) is 1. The number of benzene rings is 1. The van der Waals surface area contributed by atoms with Gasteiger partial charge in [-0.3, -0.25) is 5.10 Å². The highest BCUT2D eigenvalue weighted by Gasteiger charge is 2.18. The molecule has 0 bridgehead atoms. The fraction of sp³-hybridized carbons (Fsp3) is 0.250. The Morgan fingerprint density at radius 3 is 2.50 bits per heavy atom. The Morgan fingerprint density at radius 2 is 2.00 bits per heavy atom. The summed E-state index contributed by atoms with van der Waals surface area (Å²) in [6.07, 6.45) is 1.65. The lowest BCUT2D eigenvalue weighted by molar-refractivity contribution is 0.355. The molecule has 0 spiro atoms. The highest BCUT2D eigenvalue weighted by atomic mass is 35.5. The van der Waals surface area contributed by atoms with E-state index < -0.39 is 0 Å². The number of anilines is 1. The van der Waals surface area contributed by atoms with E-state index in [1.807, 2.05) is 13.0 Å². The number of ether oxygens (including phenoxy) is 2. The van der Waals surface area contributed by atoms with Crippen molar-refractivity contribution in [3.63, 3.8) is 0 Å². The smallest absolute Gasteiger partial charge is 0.179 e. The second-order valence-corrected chi connectivity index (χ2v) is 4.17. The van der Waals surface area contributed by atoms with Gasteiger partial charge in [-0.25, -0.2) is 0 Å². The summed E-state index contributed by atoms with van der Waals surface area (Å²) in [5, 5.41) is 7.10. The van der Waals surface area contributed by atoms with Gasteiger partial charge in [-0.15, -0.1) is 0 Å². The van der Waals surface area contributed by atoms with Gasteiger partial charge in [0.2, 0.25) is 0 Å². The molecular formula is C12H14ClN3O2. The summed E-state index contributed by atoms with van der Waals surface area (Å²) in [7, 11) is 3.11. The van der Waals surface area contributed by atoms with Gasteiger partial charge in [0.25, 0.3) is 0 Å². The molecule has 2 aromatic rings. The minimum atomic E-state index is 0.487. The van der Waals surface area contributed by atoms with Gasteiger partial charge in [0.05, 0.1) is 25.4 Å². The molecule has 1 aromatic heterocycles. The Morgan fingerprint density at radius 1 is 1.28 bits per heavy atom.